The summed E-state index contributed by atoms with van der Waals surface area (Å²) in [6.07, 6.45) is 6.57. The molecular formula is C14H27NO. The van der Waals surface area contributed by atoms with Crippen molar-refractivity contribution >= 4 is 0 Å². The Morgan fingerprint density at radius 2 is 1.88 bits per heavy atom. The highest BCUT2D eigenvalue weighted by Crippen LogP contribution is 2.37. The van der Waals surface area contributed by atoms with Gasteiger partial charge in [-0.2, -0.15) is 0 Å². The van der Waals surface area contributed by atoms with Crippen molar-refractivity contribution in [2.75, 3.05) is 13.2 Å². The third kappa shape index (κ3) is 3.21. The van der Waals surface area contributed by atoms with Gasteiger partial charge in [-0.3, -0.25) is 0 Å². The molecule has 2 fully saturated rings. The summed E-state index contributed by atoms with van der Waals surface area (Å²) in [6, 6.07) is 1.43. The first-order chi connectivity index (χ1) is 7.57. The van der Waals surface area contributed by atoms with Crippen molar-refractivity contribution in [2.24, 2.45) is 11.3 Å². The van der Waals surface area contributed by atoms with Crippen LogP contribution in [0.1, 0.15) is 52.9 Å². The van der Waals surface area contributed by atoms with Crippen molar-refractivity contribution in [3.8, 4) is 0 Å². The Labute approximate surface area is 100 Å². The van der Waals surface area contributed by atoms with Crippen LogP contribution in [0.3, 0.4) is 0 Å². The molecule has 94 valence electrons. The minimum absolute atomic E-state index is 0.563. The lowest BCUT2D eigenvalue weighted by Crippen LogP contribution is -2.42. The lowest BCUT2D eigenvalue weighted by atomic mass is 9.90. The Bertz CT molecular complexity index is 221. The van der Waals surface area contributed by atoms with Gasteiger partial charge in [0.15, 0.2) is 0 Å². The second-order valence-corrected chi connectivity index (χ2v) is 6.51. The fourth-order valence-corrected chi connectivity index (χ4v) is 3.30. The number of nitrogens with one attached hydrogen (secondary N) is 1. The zero-order valence-electron chi connectivity index (χ0n) is 11.1. The van der Waals surface area contributed by atoms with Crippen molar-refractivity contribution in [3.05, 3.63) is 0 Å². The molecule has 2 rings (SSSR count). The molecule has 0 bridgehead atoms. The molecule has 16 heavy (non-hydrogen) atoms. The molecule has 0 amide bonds. The second-order valence-electron chi connectivity index (χ2n) is 6.51. The number of hydrogen-bond donors (Lipinski definition) is 1. The van der Waals surface area contributed by atoms with E-state index < -0.39 is 0 Å². The fraction of sp³-hybridized carbons (Fsp3) is 1.00. The van der Waals surface area contributed by atoms with E-state index in [2.05, 4.69) is 26.1 Å². The molecule has 1 aliphatic carbocycles. The van der Waals surface area contributed by atoms with Crippen molar-refractivity contribution in [1.82, 2.24) is 5.32 Å². The molecule has 0 aromatic carbocycles. The van der Waals surface area contributed by atoms with Crippen LogP contribution in [0.5, 0.6) is 0 Å². The van der Waals surface area contributed by atoms with Crippen LogP contribution in [0.25, 0.3) is 0 Å². The van der Waals surface area contributed by atoms with E-state index in [9.17, 15) is 0 Å². The summed E-state index contributed by atoms with van der Waals surface area (Å²) in [5.41, 5.74) is 0.563. The highest BCUT2D eigenvalue weighted by atomic mass is 16.5. The van der Waals surface area contributed by atoms with E-state index in [1.165, 1.54) is 32.1 Å². The normalized spacial score (nSPS) is 32.8. The minimum atomic E-state index is 0.563. The summed E-state index contributed by atoms with van der Waals surface area (Å²) in [5.74, 6) is 0.831. The second kappa shape index (κ2) is 5.05. The highest BCUT2D eigenvalue weighted by Gasteiger charge is 2.32. The van der Waals surface area contributed by atoms with E-state index in [0.717, 1.165) is 25.2 Å². The van der Waals surface area contributed by atoms with Gasteiger partial charge in [0.05, 0.1) is 0 Å². The maximum atomic E-state index is 5.43. The Balaban J connectivity index is 1.76. The molecule has 2 heteroatoms. The minimum Gasteiger partial charge on any atom is -0.381 e. The zero-order valence-corrected chi connectivity index (χ0v) is 11.1. The third-order valence-electron chi connectivity index (χ3n) is 4.44. The summed E-state index contributed by atoms with van der Waals surface area (Å²) < 4.78 is 5.43. The molecule has 1 saturated heterocycles. The summed E-state index contributed by atoms with van der Waals surface area (Å²) in [5, 5.41) is 3.85. The number of ether oxygens (including phenoxy) is 1. The molecule has 1 N–H and O–H groups in total. The van der Waals surface area contributed by atoms with E-state index >= 15 is 0 Å². The smallest absolute Gasteiger partial charge is 0.0469 e. The molecule has 2 aliphatic rings. The molecule has 1 heterocycles. The van der Waals surface area contributed by atoms with Gasteiger partial charge in [0.1, 0.15) is 0 Å². The predicted molar refractivity (Wildman–Crippen MR) is 67.6 cm³/mol. The monoisotopic (exact) mass is 225 g/mol. The molecule has 0 radical (unpaired) electrons. The van der Waals surface area contributed by atoms with Crippen LogP contribution in [0.4, 0.5) is 0 Å². The largest absolute Gasteiger partial charge is 0.381 e. The van der Waals surface area contributed by atoms with Gasteiger partial charge in [0.2, 0.25) is 0 Å². The van der Waals surface area contributed by atoms with Gasteiger partial charge in [-0.15, -0.1) is 0 Å². The lowest BCUT2D eigenvalue weighted by molar-refractivity contribution is 0.0543. The van der Waals surface area contributed by atoms with Crippen LogP contribution in [0, 0.1) is 11.3 Å². The van der Waals surface area contributed by atoms with E-state index in [4.69, 9.17) is 4.74 Å². The van der Waals surface area contributed by atoms with E-state index in [1.807, 2.05) is 0 Å². The first-order valence-corrected chi connectivity index (χ1v) is 6.91. The molecule has 0 aromatic heterocycles. The molecule has 2 unspecified atom stereocenters. The number of hydrogen-bond acceptors (Lipinski definition) is 2. The molecule has 0 aromatic rings. The van der Waals surface area contributed by atoms with E-state index in [1.54, 1.807) is 0 Å². The van der Waals surface area contributed by atoms with Crippen molar-refractivity contribution < 1.29 is 4.74 Å². The average molecular weight is 225 g/mol. The summed E-state index contributed by atoms with van der Waals surface area (Å²) in [7, 11) is 0. The van der Waals surface area contributed by atoms with Gasteiger partial charge in [-0.1, -0.05) is 13.8 Å². The lowest BCUT2D eigenvalue weighted by Gasteiger charge is -2.31. The van der Waals surface area contributed by atoms with Gasteiger partial charge in [-0.25, -0.2) is 0 Å². The Hall–Kier alpha value is -0.0800. The van der Waals surface area contributed by atoms with Gasteiger partial charge in [-0.05, 0) is 50.4 Å². The predicted octanol–water partition coefficient (Wildman–Crippen LogP) is 2.97. The molecular weight excluding hydrogens is 198 g/mol. The quantitative estimate of drug-likeness (QED) is 0.797. The maximum absolute atomic E-state index is 5.43. The van der Waals surface area contributed by atoms with Crippen LogP contribution in [-0.2, 0) is 4.74 Å². The van der Waals surface area contributed by atoms with Crippen molar-refractivity contribution in [2.45, 2.75) is 65.0 Å². The first-order valence-electron chi connectivity index (χ1n) is 6.91. The van der Waals surface area contributed by atoms with Crippen LogP contribution >= 0.6 is 0 Å². The van der Waals surface area contributed by atoms with Gasteiger partial charge in [0, 0.05) is 25.3 Å². The van der Waals surface area contributed by atoms with Crippen molar-refractivity contribution in [1.29, 1.82) is 0 Å². The van der Waals surface area contributed by atoms with Gasteiger partial charge < -0.3 is 10.1 Å². The van der Waals surface area contributed by atoms with Crippen LogP contribution in [0.15, 0.2) is 0 Å². The topological polar surface area (TPSA) is 21.3 Å². The Morgan fingerprint density at radius 1 is 1.19 bits per heavy atom. The molecule has 0 spiro atoms. The SMILES string of the molecule is CC(NC1CCC(C)(C)C1)C1CCOCC1. The molecule has 2 atom stereocenters. The highest BCUT2D eigenvalue weighted by molar-refractivity contribution is 4.89. The van der Waals surface area contributed by atoms with Crippen molar-refractivity contribution in [3.63, 3.8) is 0 Å². The maximum Gasteiger partial charge on any atom is 0.0469 e. The van der Waals surface area contributed by atoms with Crippen LogP contribution in [0.2, 0.25) is 0 Å². The third-order valence-corrected chi connectivity index (χ3v) is 4.44. The van der Waals surface area contributed by atoms with Crippen LogP contribution < -0.4 is 5.32 Å². The van der Waals surface area contributed by atoms with Crippen LogP contribution in [-0.4, -0.2) is 25.3 Å². The van der Waals surface area contributed by atoms with Gasteiger partial charge in [0.25, 0.3) is 0 Å². The first kappa shape index (κ1) is 12.4. The van der Waals surface area contributed by atoms with Gasteiger partial charge >= 0.3 is 0 Å². The molecule has 1 saturated carbocycles. The molecule has 1 aliphatic heterocycles. The molecule has 2 nitrogen and oxygen atoms in total. The average Bonchev–Trinajstić information content (AvgIpc) is 2.59. The number of rotatable bonds is 3. The standard InChI is InChI=1S/C14H27NO/c1-11(12-5-8-16-9-6-12)15-13-4-7-14(2,3)10-13/h11-13,15H,4-10H2,1-3H3. The fourth-order valence-electron chi connectivity index (χ4n) is 3.30. The summed E-state index contributed by atoms with van der Waals surface area (Å²) in [6.45, 7) is 9.09. The summed E-state index contributed by atoms with van der Waals surface area (Å²) in [4.78, 5) is 0. The zero-order chi connectivity index (χ0) is 11.6. The van der Waals surface area contributed by atoms with E-state index in [-0.39, 0.29) is 0 Å². The summed E-state index contributed by atoms with van der Waals surface area (Å²) >= 11 is 0. The Morgan fingerprint density at radius 3 is 2.44 bits per heavy atom. The van der Waals surface area contributed by atoms with E-state index in [0.29, 0.717) is 11.5 Å². The Kier molecular flexibility index (Phi) is 3.91.